The minimum Gasteiger partial charge on any atom is -0.348 e. The first-order valence-electron chi connectivity index (χ1n) is 7.45. The maximum absolute atomic E-state index is 12.1. The number of amides is 1. The molecule has 0 aromatic heterocycles. The molecule has 3 nitrogen and oxygen atoms in total. The molecule has 21 heavy (non-hydrogen) atoms. The number of benzene rings is 2. The van der Waals surface area contributed by atoms with Crippen molar-refractivity contribution < 1.29 is 4.79 Å². The molecule has 0 aliphatic carbocycles. The molecule has 1 aliphatic rings. The summed E-state index contributed by atoms with van der Waals surface area (Å²) in [4.78, 5) is 12.1. The third-order valence-electron chi connectivity index (χ3n) is 3.98. The Labute approximate surface area is 125 Å². The summed E-state index contributed by atoms with van der Waals surface area (Å²) in [7, 11) is 0. The van der Waals surface area contributed by atoms with Gasteiger partial charge in [-0.1, -0.05) is 37.3 Å². The van der Waals surface area contributed by atoms with E-state index in [1.54, 1.807) is 0 Å². The van der Waals surface area contributed by atoms with E-state index in [-0.39, 0.29) is 5.91 Å². The Kier molecular flexibility index (Phi) is 4.02. The second-order valence-electron chi connectivity index (χ2n) is 5.44. The van der Waals surface area contributed by atoms with Crippen molar-refractivity contribution in [2.45, 2.75) is 33.0 Å². The molecule has 1 heterocycles. The maximum atomic E-state index is 12.1. The number of carbonyl (C=O) groups is 1. The molecule has 2 N–H and O–H groups in total. The van der Waals surface area contributed by atoms with Crippen molar-refractivity contribution in [2.24, 2.45) is 0 Å². The van der Waals surface area contributed by atoms with E-state index in [2.05, 4.69) is 35.8 Å². The molecule has 0 spiro atoms. The Morgan fingerprint density at radius 1 is 1.05 bits per heavy atom. The molecular formula is C18H20N2O. The highest BCUT2D eigenvalue weighted by Crippen LogP contribution is 2.17. The Morgan fingerprint density at radius 3 is 2.52 bits per heavy atom. The molecule has 0 radical (unpaired) electrons. The summed E-state index contributed by atoms with van der Waals surface area (Å²) in [6.45, 7) is 4.56. The largest absolute Gasteiger partial charge is 0.348 e. The lowest BCUT2D eigenvalue weighted by atomic mass is 10.1. The van der Waals surface area contributed by atoms with E-state index in [0.717, 1.165) is 30.6 Å². The zero-order valence-corrected chi connectivity index (χ0v) is 12.3. The van der Waals surface area contributed by atoms with Crippen LogP contribution in [-0.4, -0.2) is 5.91 Å². The molecule has 2 aromatic carbocycles. The van der Waals surface area contributed by atoms with Gasteiger partial charge in [0.15, 0.2) is 0 Å². The van der Waals surface area contributed by atoms with Crippen molar-refractivity contribution in [1.82, 2.24) is 10.6 Å². The molecule has 108 valence electrons. The van der Waals surface area contributed by atoms with Gasteiger partial charge in [0.2, 0.25) is 0 Å². The third kappa shape index (κ3) is 3.14. The lowest BCUT2D eigenvalue weighted by Gasteiger charge is -2.07. The van der Waals surface area contributed by atoms with E-state index in [0.29, 0.717) is 6.54 Å². The predicted octanol–water partition coefficient (Wildman–Crippen LogP) is 2.78. The van der Waals surface area contributed by atoms with Crippen molar-refractivity contribution in [1.29, 1.82) is 0 Å². The predicted molar refractivity (Wildman–Crippen MR) is 84.0 cm³/mol. The molecule has 0 bridgehead atoms. The topological polar surface area (TPSA) is 41.1 Å². The lowest BCUT2D eigenvalue weighted by Crippen LogP contribution is -2.22. The Balaban J connectivity index is 1.62. The minimum atomic E-state index is -0.0173. The number of aryl methyl sites for hydroxylation is 1. The highest BCUT2D eigenvalue weighted by Gasteiger charge is 2.10. The molecule has 0 saturated carbocycles. The molecule has 1 amide bonds. The summed E-state index contributed by atoms with van der Waals surface area (Å²) in [6, 6.07) is 14.2. The summed E-state index contributed by atoms with van der Waals surface area (Å²) in [6.07, 6.45) is 0.991. The zero-order chi connectivity index (χ0) is 14.7. The van der Waals surface area contributed by atoms with Gasteiger partial charge in [0.1, 0.15) is 0 Å². The van der Waals surface area contributed by atoms with Crippen LogP contribution in [0.4, 0.5) is 0 Å². The fourth-order valence-electron chi connectivity index (χ4n) is 2.63. The van der Waals surface area contributed by atoms with Gasteiger partial charge in [-0.05, 0) is 40.8 Å². The van der Waals surface area contributed by atoms with E-state index in [1.165, 1.54) is 16.7 Å². The standard InChI is InChI=1S/C18H20N2O/c1-2-13-3-6-15(7-4-13)18(21)20-10-14-5-8-16-11-19-12-17(16)9-14/h3-9,19H,2,10-12H2,1H3,(H,20,21). The summed E-state index contributed by atoms with van der Waals surface area (Å²) in [5, 5.41) is 6.31. The molecule has 2 aromatic rings. The van der Waals surface area contributed by atoms with Crippen molar-refractivity contribution in [3.05, 3.63) is 70.3 Å². The van der Waals surface area contributed by atoms with Crippen LogP contribution in [0.5, 0.6) is 0 Å². The lowest BCUT2D eigenvalue weighted by molar-refractivity contribution is 0.0951. The summed E-state index contributed by atoms with van der Waals surface area (Å²) in [5.74, 6) is -0.0173. The van der Waals surface area contributed by atoms with Gasteiger partial charge in [0, 0.05) is 25.2 Å². The van der Waals surface area contributed by atoms with Crippen LogP contribution in [0.1, 0.15) is 39.5 Å². The average molecular weight is 280 g/mol. The second kappa shape index (κ2) is 6.10. The van der Waals surface area contributed by atoms with Crippen molar-refractivity contribution in [3.63, 3.8) is 0 Å². The zero-order valence-electron chi connectivity index (χ0n) is 12.3. The van der Waals surface area contributed by atoms with Crippen molar-refractivity contribution in [2.75, 3.05) is 0 Å². The third-order valence-corrected chi connectivity index (χ3v) is 3.98. The van der Waals surface area contributed by atoms with Crippen LogP contribution in [0.3, 0.4) is 0 Å². The molecular weight excluding hydrogens is 260 g/mol. The number of hydrogen-bond donors (Lipinski definition) is 2. The van der Waals surface area contributed by atoms with Crippen LogP contribution >= 0.6 is 0 Å². The van der Waals surface area contributed by atoms with E-state index in [4.69, 9.17) is 0 Å². The van der Waals surface area contributed by atoms with Gasteiger partial charge in [-0.25, -0.2) is 0 Å². The number of fused-ring (bicyclic) bond motifs is 1. The molecule has 0 saturated heterocycles. The van der Waals surface area contributed by atoms with Crippen LogP contribution in [0.15, 0.2) is 42.5 Å². The average Bonchev–Trinajstić information content (AvgIpc) is 3.00. The van der Waals surface area contributed by atoms with Crippen LogP contribution in [0.2, 0.25) is 0 Å². The van der Waals surface area contributed by atoms with Gasteiger partial charge in [0.25, 0.3) is 5.91 Å². The smallest absolute Gasteiger partial charge is 0.251 e. The molecule has 0 atom stereocenters. The van der Waals surface area contributed by atoms with Gasteiger partial charge in [-0.3, -0.25) is 4.79 Å². The van der Waals surface area contributed by atoms with E-state index >= 15 is 0 Å². The second-order valence-corrected chi connectivity index (χ2v) is 5.44. The van der Waals surface area contributed by atoms with Gasteiger partial charge in [-0.2, -0.15) is 0 Å². The van der Waals surface area contributed by atoms with Crippen LogP contribution < -0.4 is 10.6 Å². The highest BCUT2D eigenvalue weighted by atomic mass is 16.1. The fourth-order valence-corrected chi connectivity index (χ4v) is 2.63. The SMILES string of the molecule is CCc1ccc(C(=O)NCc2ccc3c(c2)CNC3)cc1. The normalized spacial score (nSPS) is 13.0. The summed E-state index contributed by atoms with van der Waals surface area (Å²) in [5.41, 5.74) is 5.82. The molecule has 3 rings (SSSR count). The first-order chi connectivity index (χ1) is 10.3. The maximum Gasteiger partial charge on any atom is 0.251 e. The van der Waals surface area contributed by atoms with Gasteiger partial charge in [0.05, 0.1) is 0 Å². The van der Waals surface area contributed by atoms with Crippen molar-refractivity contribution >= 4 is 5.91 Å². The summed E-state index contributed by atoms with van der Waals surface area (Å²) >= 11 is 0. The summed E-state index contributed by atoms with van der Waals surface area (Å²) < 4.78 is 0. The quantitative estimate of drug-likeness (QED) is 0.904. The van der Waals surface area contributed by atoms with E-state index < -0.39 is 0 Å². The first kappa shape index (κ1) is 13.8. The first-order valence-corrected chi connectivity index (χ1v) is 7.45. The number of rotatable bonds is 4. The Bertz CT molecular complexity index is 647. The van der Waals surface area contributed by atoms with Crippen LogP contribution in [-0.2, 0) is 26.1 Å². The van der Waals surface area contributed by atoms with Gasteiger partial charge in [-0.15, -0.1) is 0 Å². The number of nitrogens with one attached hydrogen (secondary N) is 2. The van der Waals surface area contributed by atoms with Crippen LogP contribution in [0, 0.1) is 0 Å². The Hall–Kier alpha value is -2.13. The number of hydrogen-bond acceptors (Lipinski definition) is 2. The van der Waals surface area contributed by atoms with E-state index in [1.807, 2.05) is 24.3 Å². The van der Waals surface area contributed by atoms with E-state index in [9.17, 15) is 4.79 Å². The highest BCUT2D eigenvalue weighted by molar-refractivity contribution is 5.94. The molecule has 3 heteroatoms. The van der Waals surface area contributed by atoms with Gasteiger partial charge < -0.3 is 10.6 Å². The molecule has 0 unspecified atom stereocenters. The van der Waals surface area contributed by atoms with Gasteiger partial charge >= 0.3 is 0 Å². The molecule has 0 fully saturated rings. The number of carbonyl (C=O) groups excluding carboxylic acids is 1. The molecule has 1 aliphatic heterocycles. The monoisotopic (exact) mass is 280 g/mol. The minimum absolute atomic E-state index is 0.0173. The fraction of sp³-hybridized carbons (Fsp3) is 0.278. The van der Waals surface area contributed by atoms with Crippen molar-refractivity contribution in [3.8, 4) is 0 Å². The van der Waals surface area contributed by atoms with Crippen LogP contribution in [0.25, 0.3) is 0 Å². The Morgan fingerprint density at radius 2 is 1.76 bits per heavy atom.